The van der Waals surface area contributed by atoms with Crippen LogP contribution in [0.1, 0.15) is 26.2 Å². The molecule has 0 spiro atoms. The highest BCUT2D eigenvalue weighted by Gasteiger charge is 2.16. The van der Waals surface area contributed by atoms with Crippen LogP contribution in [0.5, 0.6) is 0 Å². The van der Waals surface area contributed by atoms with E-state index in [0.29, 0.717) is 32.1 Å². The lowest BCUT2D eigenvalue weighted by molar-refractivity contribution is -0.122. The van der Waals surface area contributed by atoms with Gasteiger partial charge in [-0.15, -0.1) is 0 Å². The van der Waals surface area contributed by atoms with E-state index in [0.717, 1.165) is 25.9 Å². The summed E-state index contributed by atoms with van der Waals surface area (Å²) < 4.78 is 5.15. The number of nitrogens with one attached hydrogen (secondary N) is 2. The first kappa shape index (κ1) is 12.5. The Morgan fingerprint density at radius 3 is 2.87 bits per heavy atom. The van der Waals surface area contributed by atoms with E-state index < -0.39 is 0 Å². The van der Waals surface area contributed by atoms with Crippen molar-refractivity contribution in [1.29, 1.82) is 0 Å². The zero-order valence-corrected chi connectivity index (χ0v) is 9.55. The SMILES string of the molecule is CCOCCNC(=O)CC1CCNCC1. The van der Waals surface area contributed by atoms with Gasteiger partial charge in [-0.3, -0.25) is 4.79 Å². The van der Waals surface area contributed by atoms with E-state index in [1.165, 1.54) is 0 Å². The van der Waals surface area contributed by atoms with E-state index in [-0.39, 0.29) is 5.91 Å². The smallest absolute Gasteiger partial charge is 0.220 e. The van der Waals surface area contributed by atoms with Crippen LogP contribution in [0.15, 0.2) is 0 Å². The summed E-state index contributed by atoms with van der Waals surface area (Å²) in [5.41, 5.74) is 0. The number of carbonyl (C=O) groups excluding carboxylic acids is 1. The molecular formula is C11H22N2O2. The molecule has 0 aromatic carbocycles. The quantitative estimate of drug-likeness (QED) is 0.634. The van der Waals surface area contributed by atoms with E-state index in [1.54, 1.807) is 0 Å². The van der Waals surface area contributed by atoms with Crippen LogP contribution in [0, 0.1) is 5.92 Å². The molecule has 0 atom stereocenters. The van der Waals surface area contributed by atoms with Crippen molar-refractivity contribution < 1.29 is 9.53 Å². The van der Waals surface area contributed by atoms with Crippen molar-refractivity contribution >= 4 is 5.91 Å². The van der Waals surface area contributed by atoms with Crippen molar-refractivity contribution in [3.8, 4) is 0 Å². The first-order chi connectivity index (χ1) is 7.33. The topological polar surface area (TPSA) is 50.4 Å². The number of piperidine rings is 1. The first-order valence-electron chi connectivity index (χ1n) is 5.88. The zero-order valence-electron chi connectivity index (χ0n) is 9.55. The van der Waals surface area contributed by atoms with Crippen LogP contribution in [-0.4, -0.2) is 38.8 Å². The van der Waals surface area contributed by atoms with Crippen molar-refractivity contribution in [2.75, 3.05) is 32.8 Å². The van der Waals surface area contributed by atoms with Gasteiger partial charge < -0.3 is 15.4 Å². The number of ether oxygens (including phenoxy) is 1. The van der Waals surface area contributed by atoms with Crippen molar-refractivity contribution in [3.63, 3.8) is 0 Å². The molecule has 0 radical (unpaired) electrons. The second-order valence-corrected chi connectivity index (χ2v) is 3.94. The highest BCUT2D eigenvalue weighted by molar-refractivity contribution is 5.76. The minimum atomic E-state index is 0.168. The number of rotatable bonds is 6. The molecule has 2 N–H and O–H groups in total. The third-order valence-corrected chi connectivity index (χ3v) is 2.71. The lowest BCUT2D eigenvalue weighted by Crippen LogP contribution is -2.33. The second-order valence-electron chi connectivity index (χ2n) is 3.94. The third kappa shape index (κ3) is 5.74. The van der Waals surface area contributed by atoms with E-state index in [9.17, 15) is 4.79 Å². The Morgan fingerprint density at radius 2 is 2.20 bits per heavy atom. The van der Waals surface area contributed by atoms with Crippen molar-refractivity contribution in [1.82, 2.24) is 10.6 Å². The minimum absolute atomic E-state index is 0.168. The maximum Gasteiger partial charge on any atom is 0.220 e. The van der Waals surface area contributed by atoms with Crippen LogP contribution < -0.4 is 10.6 Å². The molecule has 0 unspecified atom stereocenters. The molecular weight excluding hydrogens is 192 g/mol. The maximum atomic E-state index is 11.5. The van der Waals surface area contributed by atoms with Crippen LogP contribution in [0.3, 0.4) is 0 Å². The Hall–Kier alpha value is -0.610. The van der Waals surface area contributed by atoms with E-state index in [2.05, 4.69) is 10.6 Å². The average Bonchev–Trinajstić information content (AvgIpc) is 2.26. The van der Waals surface area contributed by atoms with Gasteiger partial charge in [0.05, 0.1) is 6.61 Å². The second kappa shape index (κ2) is 7.65. The Balaban J connectivity index is 2.01. The molecule has 1 aliphatic rings. The van der Waals surface area contributed by atoms with Crippen LogP contribution in [0.2, 0.25) is 0 Å². The van der Waals surface area contributed by atoms with Gasteiger partial charge >= 0.3 is 0 Å². The number of carbonyl (C=O) groups is 1. The average molecular weight is 214 g/mol. The fourth-order valence-corrected chi connectivity index (χ4v) is 1.83. The predicted molar refractivity (Wildman–Crippen MR) is 59.7 cm³/mol. The van der Waals surface area contributed by atoms with Gasteiger partial charge in [0.2, 0.25) is 5.91 Å². The van der Waals surface area contributed by atoms with Crippen LogP contribution in [-0.2, 0) is 9.53 Å². The third-order valence-electron chi connectivity index (χ3n) is 2.71. The molecule has 4 heteroatoms. The van der Waals surface area contributed by atoms with Crippen molar-refractivity contribution in [2.24, 2.45) is 5.92 Å². The molecule has 1 aliphatic heterocycles. The first-order valence-corrected chi connectivity index (χ1v) is 5.88. The molecule has 1 heterocycles. The Morgan fingerprint density at radius 1 is 1.47 bits per heavy atom. The van der Waals surface area contributed by atoms with Gasteiger partial charge in [0.15, 0.2) is 0 Å². The van der Waals surface area contributed by atoms with Crippen molar-refractivity contribution in [2.45, 2.75) is 26.2 Å². The van der Waals surface area contributed by atoms with E-state index >= 15 is 0 Å². The lowest BCUT2D eigenvalue weighted by Gasteiger charge is -2.21. The summed E-state index contributed by atoms with van der Waals surface area (Å²) in [4.78, 5) is 11.5. The molecule has 15 heavy (non-hydrogen) atoms. The zero-order chi connectivity index (χ0) is 10.9. The van der Waals surface area contributed by atoms with Crippen molar-refractivity contribution in [3.05, 3.63) is 0 Å². The summed E-state index contributed by atoms with van der Waals surface area (Å²) in [7, 11) is 0. The highest BCUT2D eigenvalue weighted by atomic mass is 16.5. The molecule has 0 aromatic rings. The largest absolute Gasteiger partial charge is 0.380 e. The fourth-order valence-electron chi connectivity index (χ4n) is 1.83. The molecule has 0 aromatic heterocycles. The standard InChI is InChI=1S/C11H22N2O2/c1-2-15-8-7-13-11(14)9-10-3-5-12-6-4-10/h10,12H,2-9H2,1H3,(H,13,14). The predicted octanol–water partition coefficient (Wildman–Crippen LogP) is 0.529. The highest BCUT2D eigenvalue weighted by Crippen LogP contribution is 2.15. The Labute approximate surface area is 91.8 Å². The van der Waals surface area contributed by atoms with Gasteiger partial charge in [-0.05, 0) is 38.8 Å². The van der Waals surface area contributed by atoms with Gasteiger partial charge in [-0.25, -0.2) is 0 Å². The molecule has 0 bridgehead atoms. The van der Waals surface area contributed by atoms with Crippen LogP contribution in [0.25, 0.3) is 0 Å². The normalized spacial score (nSPS) is 17.7. The minimum Gasteiger partial charge on any atom is -0.380 e. The van der Waals surface area contributed by atoms with Gasteiger partial charge in [-0.1, -0.05) is 0 Å². The summed E-state index contributed by atoms with van der Waals surface area (Å²) in [5.74, 6) is 0.736. The van der Waals surface area contributed by atoms with Crippen LogP contribution in [0.4, 0.5) is 0 Å². The fraction of sp³-hybridized carbons (Fsp3) is 0.909. The van der Waals surface area contributed by atoms with E-state index in [1.807, 2.05) is 6.92 Å². The summed E-state index contributed by atoms with van der Waals surface area (Å²) >= 11 is 0. The van der Waals surface area contributed by atoms with Gasteiger partial charge in [-0.2, -0.15) is 0 Å². The molecule has 1 saturated heterocycles. The van der Waals surface area contributed by atoms with E-state index in [4.69, 9.17) is 4.74 Å². The number of amides is 1. The monoisotopic (exact) mass is 214 g/mol. The molecule has 88 valence electrons. The maximum absolute atomic E-state index is 11.5. The molecule has 0 saturated carbocycles. The van der Waals surface area contributed by atoms with Crippen LogP contribution >= 0.6 is 0 Å². The van der Waals surface area contributed by atoms with Gasteiger partial charge in [0, 0.05) is 19.6 Å². The summed E-state index contributed by atoms with van der Waals surface area (Å²) in [5, 5.41) is 6.18. The molecule has 1 rings (SSSR count). The summed E-state index contributed by atoms with van der Waals surface area (Å²) in [6, 6.07) is 0. The number of hydrogen-bond donors (Lipinski definition) is 2. The molecule has 4 nitrogen and oxygen atoms in total. The Bertz CT molecular complexity index is 179. The van der Waals surface area contributed by atoms with Gasteiger partial charge in [0.25, 0.3) is 0 Å². The summed E-state index contributed by atoms with van der Waals surface area (Å²) in [6.45, 7) is 6.03. The summed E-state index contributed by atoms with van der Waals surface area (Å²) in [6.07, 6.45) is 2.92. The molecule has 1 fully saturated rings. The molecule has 0 aliphatic carbocycles. The number of hydrogen-bond acceptors (Lipinski definition) is 3. The Kier molecular flexibility index (Phi) is 6.36. The molecule has 1 amide bonds. The van der Waals surface area contributed by atoms with Gasteiger partial charge in [0.1, 0.15) is 0 Å². The lowest BCUT2D eigenvalue weighted by atomic mass is 9.94.